The van der Waals surface area contributed by atoms with E-state index in [4.69, 9.17) is 0 Å². The van der Waals surface area contributed by atoms with Gasteiger partial charge in [0.05, 0.1) is 0 Å². The first-order valence-electron chi connectivity index (χ1n) is 13.2. The Morgan fingerprint density at radius 2 is 1.70 bits per heavy atom. The van der Waals surface area contributed by atoms with Crippen LogP contribution >= 0.6 is 0 Å². The molecule has 37 heavy (non-hydrogen) atoms. The lowest BCUT2D eigenvalue weighted by molar-refractivity contribution is -0.138. The molecule has 0 aliphatic carbocycles. The summed E-state index contributed by atoms with van der Waals surface area (Å²) in [5.74, 6) is -0.330. The molecule has 0 unspecified atom stereocenters. The van der Waals surface area contributed by atoms with Gasteiger partial charge >= 0.3 is 0 Å². The van der Waals surface area contributed by atoms with Crippen molar-refractivity contribution in [2.45, 2.75) is 45.3 Å². The van der Waals surface area contributed by atoms with Gasteiger partial charge in [0.1, 0.15) is 6.04 Å². The molecule has 192 valence electrons. The third-order valence-electron chi connectivity index (χ3n) is 7.42. The van der Waals surface area contributed by atoms with Gasteiger partial charge in [-0.1, -0.05) is 48.5 Å². The van der Waals surface area contributed by atoms with E-state index in [9.17, 15) is 14.4 Å². The molecule has 5 rings (SSSR count). The first-order chi connectivity index (χ1) is 18.0. The Bertz CT molecular complexity index is 1320. The number of carbonyl (C=O) groups excluding carboxylic acids is 3. The minimum Gasteiger partial charge on any atom is -0.352 e. The van der Waals surface area contributed by atoms with E-state index in [1.54, 1.807) is 4.90 Å². The lowest BCUT2D eigenvalue weighted by atomic mass is 9.95. The summed E-state index contributed by atoms with van der Waals surface area (Å²) in [7, 11) is 0. The Morgan fingerprint density at radius 3 is 2.49 bits per heavy atom. The SMILES string of the molecule is CCNC(=O)c1ccc2c(c1)CN(C(=O)[C@@H](Cc1ccc3ccccc3c1)NC(=O)C1CCNCC1)C2. The summed E-state index contributed by atoms with van der Waals surface area (Å²) in [5.41, 5.74) is 3.63. The molecule has 3 amide bonds. The maximum Gasteiger partial charge on any atom is 0.251 e. The fraction of sp³-hybridized carbons (Fsp3) is 0.367. The first kappa shape index (κ1) is 25.0. The summed E-state index contributed by atoms with van der Waals surface area (Å²) >= 11 is 0. The van der Waals surface area contributed by atoms with Gasteiger partial charge in [0.2, 0.25) is 11.8 Å². The van der Waals surface area contributed by atoms with Crippen molar-refractivity contribution in [2.24, 2.45) is 5.92 Å². The number of hydrogen-bond acceptors (Lipinski definition) is 4. The molecule has 7 heteroatoms. The maximum absolute atomic E-state index is 13.8. The zero-order chi connectivity index (χ0) is 25.8. The minimum atomic E-state index is -0.652. The van der Waals surface area contributed by atoms with Crippen LogP contribution in [0.3, 0.4) is 0 Å². The highest BCUT2D eigenvalue weighted by molar-refractivity contribution is 5.94. The number of carbonyl (C=O) groups is 3. The number of hydrogen-bond donors (Lipinski definition) is 3. The number of benzene rings is 3. The van der Waals surface area contributed by atoms with Crippen LogP contribution in [-0.4, -0.2) is 48.3 Å². The number of nitrogens with one attached hydrogen (secondary N) is 3. The fourth-order valence-corrected chi connectivity index (χ4v) is 5.35. The predicted molar refractivity (Wildman–Crippen MR) is 144 cm³/mol. The molecule has 1 saturated heterocycles. The quantitative estimate of drug-likeness (QED) is 0.467. The van der Waals surface area contributed by atoms with E-state index >= 15 is 0 Å². The molecule has 0 spiro atoms. The van der Waals surface area contributed by atoms with Crippen molar-refractivity contribution in [2.75, 3.05) is 19.6 Å². The largest absolute Gasteiger partial charge is 0.352 e. The minimum absolute atomic E-state index is 0.0455. The van der Waals surface area contributed by atoms with Crippen LogP contribution in [-0.2, 0) is 29.1 Å². The molecule has 3 aromatic rings. The standard InChI is InChI=1S/C30H34N4O3/c1-2-32-28(35)24-9-10-25-18-34(19-26(25)17-24)30(37)27(33-29(36)22-11-13-31-14-12-22)16-20-7-8-21-5-3-4-6-23(21)15-20/h3-10,15,17,22,27,31H,2,11-14,16,18-19H2,1H3,(H,32,35)(H,33,36)/t27-/m1/s1. The van der Waals surface area contributed by atoms with Crippen LogP contribution in [0.5, 0.6) is 0 Å². The highest BCUT2D eigenvalue weighted by Crippen LogP contribution is 2.26. The summed E-state index contributed by atoms with van der Waals surface area (Å²) in [5, 5.41) is 11.5. The second kappa shape index (κ2) is 11.1. The Morgan fingerprint density at radius 1 is 0.946 bits per heavy atom. The van der Waals surface area contributed by atoms with Crippen LogP contribution in [0.15, 0.2) is 60.7 Å². The zero-order valence-corrected chi connectivity index (χ0v) is 21.3. The number of piperidine rings is 1. The Labute approximate surface area is 217 Å². The van der Waals surface area contributed by atoms with Crippen LogP contribution in [0, 0.1) is 5.92 Å². The van der Waals surface area contributed by atoms with Crippen LogP contribution < -0.4 is 16.0 Å². The van der Waals surface area contributed by atoms with E-state index < -0.39 is 6.04 Å². The second-order valence-corrected chi connectivity index (χ2v) is 10.0. The van der Waals surface area contributed by atoms with E-state index in [1.807, 2.05) is 43.3 Å². The highest BCUT2D eigenvalue weighted by atomic mass is 16.2. The Balaban J connectivity index is 1.36. The van der Waals surface area contributed by atoms with Crippen molar-refractivity contribution in [1.29, 1.82) is 0 Å². The van der Waals surface area contributed by atoms with Crippen LogP contribution in [0.25, 0.3) is 10.8 Å². The maximum atomic E-state index is 13.8. The number of nitrogens with zero attached hydrogens (tertiary/aromatic N) is 1. The van der Waals surface area contributed by atoms with E-state index in [-0.39, 0.29) is 23.6 Å². The molecular formula is C30H34N4O3. The van der Waals surface area contributed by atoms with Crippen LogP contribution in [0.1, 0.15) is 46.8 Å². The van der Waals surface area contributed by atoms with E-state index in [0.717, 1.165) is 53.4 Å². The number of fused-ring (bicyclic) bond motifs is 2. The van der Waals surface area contributed by atoms with Gasteiger partial charge in [-0.15, -0.1) is 0 Å². The molecule has 2 aliphatic rings. The molecular weight excluding hydrogens is 464 g/mol. The molecule has 7 nitrogen and oxygen atoms in total. The van der Waals surface area contributed by atoms with Gasteiger partial charge < -0.3 is 20.9 Å². The Kier molecular flexibility index (Phi) is 7.51. The fourth-order valence-electron chi connectivity index (χ4n) is 5.35. The van der Waals surface area contributed by atoms with Gasteiger partial charge in [-0.2, -0.15) is 0 Å². The first-order valence-corrected chi connectivity index (χ1v) is 13.2. The van der Waals surface area contributed by atoms with Crippen molar-refractivity contribution in [3.8, 4) is 0 Å². The topological polar surface area (TPSA) is 90.5 Å². The predicted octanol–water partition coefficient (Wildman–Crippen LogP) is 3.16. The average molecular weight is 499 g/mol. The van der Waals surface area contributed by atoms with Crippen molar-refractivity contribution in [1.82, 2.24) is 20.9 Å². The van der Waals surface area contributed by atoms with E-state index in [0.29, 0.717) is 31.6 Å². The van der Waals surface area contributed by atoms with Gasteiger partial charge in [-0.05, 0) is 72.5 Å². The third kappa shape index (κ3) is 5.67. The van der Waals surface area contributed by atoms with Gasteiger partial charge in [0, 0.05) is 37.5 Å². The molecule has 0 saturated carbocycles. The van der Waals surface area contributed by atoms with Crippen molar-refractivity contribution in [3.63, 3.8) is 0 Å². The molecule has 0 aromatic heterocycles. The number of amides is 3. The summed E-state index contributed by atoms with van der Waals surface area (Å²) < 4.78 is 0. The molecule has 3 aromatic carbocycles. The smallest absolute Gasteiger partial charge is 0.251 e. The zero-order valence-electron chi connectivity index (χ0n) is 21.3. The molecule has 1 fully saturated rings. The average Bonchev–Trinajstić information content (AvgIpc) is 3.36. The summed E-state index contributed by atoms with van der Waals surface area (Å²) in [6.45, 7) is 4.99. The normalized spacial score (nSPS) is 16.3. The van der Waals surface area contributed by atoms with Gasteiger partial charge in [0.25, 0.3) is 5.91 Å². The second-order valence-electron chi connectivity index (χ2n) is 10.0. The van der Waals surface area contributed by atoms with Crippen LogP contribution in [0.2, 0.25) is 0 Å². The molecule has 2 heterocycles. The van der Waals surface area contributed by atoms with Crippen molar-refractivity contribution >= 4 is 28.5 Å². The molecule has 3 N–H and O–H groups in total. The molecule has 0 radical (unpaired) electrons. The molecule has 2 aliphatic heterocycles. The third-order valence-corrected chi connectivity index (χ3v) is 7.42. The lowest BCUT2D eigenvalue weighted by Crippen LogP contribution is -2.50. The monoisotopic (exact) mass is 498 g/mol. The van der Waals surface area contributed by atoms with Gasteiger partial charge in [-0.3, -0.25) is 14.4 Å². The van der Waals surface area contributed by atoms with Gasteiger partial charge in [-0.25, -0.2) is 0 Å². The van der Waals surface area contributed by atoms with Gasteiger partial charge in [0.15, 0.2) is 0 Å². The summed E-state index contributed by atoms with van der Waals surface area (Å²) in [6, 6.07) is 19.3. The lowest BCUT2D eigenvalue weighted by Gasteiger charge is -2.28. The van der Waals surface area contributed by atoms with E-state index in [1.165, 1.54) is 0 Å². The van der Waals surface area contributed by atoms with Crippen LogP contribution in [0.4, 0.5) is 0 Å². The molecule has 0 bridgehead atoms. The summed E-state index contributed by atoms with van der Waals surface area (Å²) in [6.07, 6.45) is 1.98. The molecule has 1 atom stereocenters. The highest BCUT2D eigenvalue weighted by Gasteiger charge is 2.32. The van der Waals surface area contributed by atoms with E-state index in [2.05, 4.69) is 40.2 Å². The van der Waals surface area contributed by atoms with Crippen molar-refractivity contribution < 1.29 is 14.4 Å². The number of rotatable bonds is 7. The van der Waals surface area contributed by atoms with Crippen molar-refractivity contribution in [3.05, 3.63) is 82.9 Å². The summed E-state index contributed by atoms with van der Waals surface area (Å²) in [4.78, 5) is 41.1. The Hall–Kier alpha value is -3.71.